The monoisotopic (exact) mass is 346 g/mol. The first-order valence-electron chi connectivity index (χ1n) is 7.48. The number of amides is 1. The lowest BCUT2D eigenvalue weighted by molar-refractivity contribution is -0.384. The summed E-state index contributed by atoms with van der Waals surface area (Å²) in [5.41, 5.74) is 0.118. The van der Waals surface area contributed by atoms with E-state index in [1.807, 2.05) is 20.8 Å². The Kier molecular flexibility index (Phi) is 5.21. The van der Waals surface area contributed by atoms with Gasteiger partial charge in [0.15, 0.2) is 6.61 Å². The van der Waals surface area contributed by atoms with Gasteiger partial charge in [0.25, 0.3) is 11.6 Å². The third kappa shape index (κ3) is 5.17. The van der Waals surface area contributed by atoms with Gasteiger partial charge in [-0.15, -0.1) is 0 Å². The van der Waals surface area contributed by atoms with Gasteiger partial charge in [-0.3, -0.25) is 14.9 Å². The second kappa shape index (κ2) is 7.16. The van der Waals surface area contributed by atoms with Crippen LogP contribution in [0.15, 0.2) is 40.8 Å². The first kappa shape index (κ1) is 18.2. The van der Waals surface area contributed by atoms with Gasteiger partial charge in [-0.2, -0.15) is 0 Å². The van der Waals surface area contributed by atoms with Gasteiger partial charge in [-0.25, -0.2) is 4.79 Å². The molecule has 132 valence electrons. The number of furan rings is 1. The van der Waals surface area contributed by atoms with Crippen LogP contribution < -0.4 is 5.32 Å². The van der Waals surface area contributed by atoms with E-state index in [1.165, 1.54) is 30.3 Å². The summed E-state index contributed by atoms with van der Waals surface area (Å²) >= 11 is 0. The average molecular weight is 346 g/mol. The van der Waals surface area contributed by atoms with Crippen molar-refractivity contribution in [3.05, 3.63) is 52.3 Å². The van der Waals surface area contributed by atoms with E-state index in [-0.39, 0.29) is 11.4 Å². The standard InChI is InChI=1S/C17H18N2O6/c1-17(2,3)18-15(20)10-24-16(21)14-9-8-13(25-14)11-4-6-12(7-5-11)19(22)23/h4-9H,10H2,1-3H3,(H,18,20). The molecule has 0 atom stereocenters. The van der Waals surface area contributed by atoms with Gasteiger partial charge in [0.2, 0.25) is 5.76 Å². The fraction of sp³-hybridized carbons (Fsp3) is 0.294. The van der Waals surface area contributed by atoms with Crippen molar-refractivity contribution in [2.45, 2.75) is 26.3 Å². The molecule has 0 aliphatic carbocycles. The minimum absolute atomic E-state index is 0.0419. The van der Waals surface area contributed by atoms with Crippen molar-refractivity contribution in [2.24, 2.45) is 0 Å². The van der Waals surface area contributed by atoms with Gasteiger partial charge in [-0.1, -0.05) is 0 Å². The van der Waals surface area contributed by atoms with Crippen molar-refractivity contribution < 1.29 is 23.7 Å². The van der Waals surface area contributed by atoms with Gasteiger partial charge < -0.3 is 14.5 Å². The first-order chi connectivity index (χ1) is 11.7. The molecule has 1 heterocycles. The smallest absolute Gasteiger partial charge is 0.374 e. The molecule has 0 saturated carbocycles. The van der Waals surface area contributed by atoms with E-state index < -0.39 is 28.9 Å². The SMILES string of the molecule is CC(C)(C)NC(=O)COC(=O)c1ccc(-c2ccc([N+](=O)[O-])cc2)o1. The summed E-state index contributed by atoms with van der Waals surface area (Å²) in [6.07, 6.45) is 0. The highest BCUT2D eigenvalue weighted by Gasteiger charge is 2.18. The molecule has 1 aromatic heterocycles. The summed E-state index contributed by atoms with van der Waals surface area (Å²) in [6.45, 7) is 5.03. The molecule has 0 saturated heterocycles. The molecule has 1 amide bonds. The summed E-state index contributed by atoms with van der Waals surface area (Å²) in [5, 5.41) is 13.3. The number of carbonyl (C=O) groups excluding carboxylic acids is 2. The number of carbonyl (C=O) groups is 2. The van der Waals surface area contributed by atoms with Crippen molar-refractivity contribution in [3.63, 3.8) is 0 Å². The van der Waals surface area contributed by atoms with E-state index in [0.717, 1.165) is 0 Å². The zero-order chi connectivity index (χ0) is 18.6. The maximum absolute atomic E-state index is 11.9. The minimum atomic E-state index is -0.766. The highest BCUT2D eigenvalue weighted by molar-refractivity contribution is 5.89. The summed E-state index contributed by atoms with van der Waals surface area (Å²) in [7, 11) is 0. The van der Waals surface area contributed by atoms with Gasteiger partial charge in [0.1, 0.15) is 5.76 Å². The lowest BCUT2D eigenvalue weighted by Gasteiger charge is -2.20. The van der Waals surface area contributed by atoms with Crippen LogP contribution in [0.25, 0.3) is 11.3 Å². The number of ether oxygens (including phenoxy) is 1. The van der Waals surface area contributed by atoms with Gasteiger partial charge >= 0.3 is 5.97 Å². The zero-order valence-corrected chi connectivity index (χ0v) is 14.1. The van der Waals surface area contributed by atoms with Gasteiger partial charge in [-0.05, 0) is 45.0 Å². The Morgan fingerprint density at radius 1 is 1.16 bits per heavy atom. The Hall–Kier alpha value is -3.16. The molecule has 0 radical (unpaired) electrons. The van der Waals surface area contributed by atoms with Crippen LogP contribution >= 0.6 is 0 Å². The quantitative estimate of drug-likeness (QED) is 0.506. The number of hydrogen-bond donors (Lipinski definition) is 1. The van der Waals surface area contributed by atoms with Crippen molar-refractivity contribution in [1.82, 2.24) is 5.32 Å². The van der Waals surface area contributed by atoms with E-state index in [1.54, 1.807) is 6.07 Å². The Morgan fingerprint density at radius 3 is 2.36 bits per heavy atom. The number of hydrogen-bond acceptors (Lipinski definition) is 6. The number of nitro groups is 1. The van der Waals surface area contributed by atoms with Crippen molar-refractivity contribution in [1.29, 1.82) is 0 Å². The van der Waals surface area contributed by atoms with Crippen LogP contribution in [0.3, 0.4) is 0 Å². The van der Waals surface area contributed by atoms with Gasteiger partial charge in [0, 0.05) is 23.2 Å². The predicted molar refractivity (Wildman–Crippen MR) is 89.0 cm³/mol. The summed E-state index contributed by atoms with van der Waals surface area (Å²) < 4.78 is 10.3. The van der Waals surface area contributed by atoms with Crippen LogP contribution in [-0.4, -0.2) is 28.9 Å². The molecule has 8 heteroatoms. The van der Waals surface area contributed by atoms with Crippen LogP contribution in [0.4, 0.5) is 5.69 Å². The molecule has 8 nitrogen and oxygen atoms in total. The molecule has 0 unspecified atom stereocenters. The fourth-order valence-electron chi connectivity index (χ4n) is 2.01. The average Bonchev–Trinajstić information content (AvgIpc) is 3.01. The lowest BCUT2D eigenvalue weighted by atomic mass is 10.1. The zero-order valence-electron chi connectivity index (χ0n) is 14.1. The summed E-state index contributed by atoms with van der Waals surface area (Å²) in [5.74, 6) is -0.877. The molecule has 2 aromatic rings. The second-order valence-corrected chi connectivity index (χ2v) is 6.34. The molecule has 0 bridgehead atoms. The molecule has 0 spiro atoms. The van der Waals surface area contributed by atoms with Crippen LogP contribution in [0.2, 0.25) is 0 Å². The molecule has 0 aliphatic heterocycles. The topological polar surface area (TPSA) is 112 Å². The Balaban J connectivity index is 1.99. The van der Waals surface area contributed by atoms with Crippen molar-refractivity contribution >= 4 is 17.6 Å². The fourth-order valence-corrected chi connectivity index (χ4v) is 2.01. The number of esters is 1. The predicted octanol–water partition coefficient (Wildman–Crippen LogP) is 2.93. The van der Waals surface area contributed by atoms with E-state index in [0.29, 0.717) is 11.3 Å². The normalized spacial score (nSPS) is 11.0. The highest BCUT2D eigenvalue weighted by Crippen LogP contribution is 2.24. The Labute approximate surface area is 143 Å². The summed E-state index contributed by atoms with van der Waals surface area (Å²) in [6, 6.07) is 8.68. The third-order valence-electron chi connectivity index (χ3n) is 3.02. The van der Waals surface area contributed by atoms with E-state index in [9.17, 15) is 19.7 Å². The summed E-state index contributed by atoms with van der Waals surface area (Å²) in [4.78, 5) is 33.7. The number of nitrogens with zero attached hydrogens (tertiary/aromatic N) is 1. The van der Waals surface area contributed by atoms with E-state index in [2.05, 4.69) is 5.32 Å². The number of nitrogens with one attached hydrogen (secondary N) is 1. The first-order valence-corrected chi connectivity index (χ1v) is 7.48. The molecule has 1 N–H and O–H groups in total. The molecular weight excluding hydrogens is 328 g/mol. The van der Waals surface area contributed by atoms with Crippen molar-refractivity contribution in [3.8, 4) is 11.3 Å². The largest absolute Gasteiger partial charge is 0.450 e. The third-order valence-corrected chi connectivity index (χ3v) is 3.02. The molecule has 1 aromatic carbocycles. The maximum Gasteiger partial charge on any atom is 0.374 e. The molecule has 0 aliphatic rings. The van der Waals surface area contributed by atoms with Crippen LogP contribution in [0.1, 0.15) is 31.3 Å². The number of nitro benzene ring substituents is 1. The molecule has 2 rings (SSSR count). The minimum Gasteiger partial charge on any atom is -0.450 e. The number of non-ortho nitro benzene ring substituents is 1. The maximum atomic E-state index is 11.9. The Bertz CT molecular complexity index is 786. The number of rotatable bonds is 5. The van der Waals surface area contributed by atoms with E-state index in [4.69, 9.17) is 9.15 Å². The highest BCUT2D eigenvalue weighted by atomic mass is 16.6. The van der Waals surface area contributed by atoms with Crippen LogP contribution in [0.5, 0.6) is 0 Å². The number of benzene rings is 1. The molecule has 0 fully saturated rings. The van der Waals surface area contributed by atoms with Crippen LogP contribution in [-0.2, 0) is 9.53 Å². The van der Waals surface area contributed by atoms with E-state index >= 15 is 0 Å². The molecular formula is C17H18N2O6. The van der Waals surface area contributed by atoms with Crippen molar-refractivity contribution in [2.75, 3.05) is 6.61 Å². The Morgan fingerprint density at radius 2 is 1.80 bits per heavy atom. The van der Waals surface area contributed by atoms with Crippen LogP contribution in [0, 0.1) is 10.1 Å². The van der Waals surface area contributed by atoms with Gasteiger partial charge in [0.05, 0.1) is 4.92 Å². The molecule has 25 heavy (non-hydrogen) atoms. The second-order valence-electron chi connectivity index (χ2n) is 6.34. The lowest BCUT2D eigenvalue weighted by Crippen LogP contribution is -2.42.